The molecule has 1 heterocycles. The van der Waals surface area contributed by atoms with Gasteiger partial charge in [0.05, 0.1) is 28.1 Å². The van der Waals surface area contributed by atoms with Gasteiger partial charge < -0.3 is 10.1 Å². The number of nitrogens with one attached hydrogen (secondary N) is 1. The van der Waals surface area contributed by atoms with Gasteiger partial charge in [-0.05, 0) is 56.2 Å². The predicted octanol–water partition coefficient (Wildman–Crippen LogP) is 3.26. The zero-order valence-corrected chi connectivity index (χ0v) is 17.7. The number of nitrogens with zero attached hydrogens (tertiary/aromatic N) is 1. The predicted molar refractivity (Wildman–Crippen MR) is 105 cm³/mol. The average molecular weight is 473 g/mol. The Morgan fingerprint density at radius 1 is 1.19 bits per heavy atom. The SMILES string of the molecule is C[C@@H](C(=O)OCC(=O)Nc1cc(C(F)(F)F)ccc1Cl)N1C(=O)[C@H]2[C@@H]3CC[C@@H](C3)[C@@H]2C1=O. The normalized spacial score (nSPS) is 27.5. The highest BCUT2D eigenvalue weighted by molar-refractivity contribution is 6.33. The Morgan fingerprint density at radius 2 is 1.78 bits per heavy atom. The maximum absolute atomic E-state index is 12.8. The second kappa shape index (κ2) is 8.06. The zero-order chi connectivity index (χ0) is 23.4. The monoisotopic (exact) mass is 472 g/mol. The number of halogens is 4. The number of carbonyl (C=O) groups excluding carboxylic acids is 4. The quantitative estimate of drug-likeness (QED) is 0.524. The fraction of sp³-hybridized carbons (Fsp3) is 0.524. The number of anilines is 1. The first kappa shape index (κ1) is 22.6. The molecule has 11 heteroatoms. The van der Waals surface area contributed by atoms with Gasteiger partial charge in [-0.15, -0.1) is 0 Å². The van der Waals surface area contributed by atoms with Crippen molar-refractivity contribution in [1.29, 1.82) is 0 Å². The van der Waals surface area contributed by atoms with Crippen molar-refractivity contribution < 1.29 is 37.1 Å². The molecule has 2 saturated carbocycles. The fourth-order valence-electron chi connectivity index (χ4n) is 5.16. The molecule has 1 N–H and O–H groups in total. The Labute approximate surface area is 186 Å². The molecule has 7 nitrogen and oxygen atoms in total. The van der Waals surface area contributed by atoms with Crippen molar-refractivity contribution in [2.75, 3.05) is 11.9 Å². The third-order valence-electron chi connectivity index (χ3n) is 6.60. The van der Waals surface area contributed by atoms with E-state index < -0.39 is 36.3 Å². The number of carbonyl (C=O) groups is 4. The number of fused-ring (bicyclic) bond motifs is 5. The highest BCUT2D eigenvalue weighted by atomic mass is 35.5. The summed E-state index contributed by atoms with van der Waals surface area (Å²) < 4.78 is 43.4. The molecular weight excluding hydrogens is 453 g/mol. The van der Waals surface area contributed by atoms with Gasteiger partial charge >= 0.3 is 12.1 Å². The fourth-order valence-corrected chi connectivity index (χ4v) is 5.32. The standard InChI is InChI=1S/C21H20ClF3N2O5/c1-9(27-18(29)16-10-2-3-11(6-10)17(16)19(27)30)20(31)32-8-15(28)26-14-7-12(21(23,24)25)4-5-13(14)22/h4-5,7,9-11,16-17H,2-3,6,8H2,1H3,(H,26,28)/t9-,10-,11+,16-,17-/m0/s1. The number of alkyl halides is 3. The van der Waals surface area contributed by atoms with Crippen LogP contribution in [0.1, 0.15) is 31.7 Å². The van der Waals surface area contributed by atoms with Crippen LogP contribution in [0.4, 0.5) is 18.9 Å². The molecule has 172 valence electrons. The molecule has 3 fully saturated rings. The number of rotatable bonds is 5. The van der Waals surface area contributed by atoms with Gasteiger partial charge in [-0.25, -0.2) is 4.79 Å². The van der Waals surface area contributed by atoms with E-state index >= 15 is 0 Å². The summed E-state index contributed by atoms with van der Waals surface area (Å²) >= 11 is 5.83. The van der Waals surface area contributed by atoms with Crippen LogP contribution >= 0.6 is 11.6 Å². The molecule has 3 amide bonds. The summed E-state index contributed by atoms with van der Waals surface area (Å²) in [6, 6.07) is 1.22. The summed E-state index contributed by atoms with van der Waals surface area (Å²) in [5, 5.41) is 2.04. The van der Waals surface area contributed by atoms with E-state index in [1.165, 1.54) is 6.92 Å². The highest BCUT2D eigenvalue weighted by Gasteiger charge is 2.62. The van der Waals surface area contributed by atoms with E-state index in [9.17, 15) is 32.3 Å². The lowest BCUT2D eigenvalue weighted by atomic mass is 9.81. The third-order valence-corrected chi connectivity index (χ3v) is 6.93. The highest BCUT2D eigenvalue weighted by Crippen LogP contribution is 2.56. The molecule has 2 aliphatic carbocycles. The van der Waals surface area contributed by atoms with Gasteiger partial charge in [0.25, 0.3) is 5.91 Å². The molecule has 2 bridgehead atoms. The van der Waals surface area contributed by atoms with Crippen LogP contribution in [0.3, 0.4) is 0 Å². The molecule has 0 unspecified atom stereocenters. The van der Waals surface area contributed by atoms with Crippen molar-refractivity contribution in [2.45, 2.75) is 38.4 Å². The van der Waals surface area contributed by atoms with Crippen LogP contribution in [0.25, 0.3) is 0 Å². The van der Waals surface area contributed by atoms with Crippen LogP contribution in [0.5, 0.6) is 0 Å². The molecule has 32 heavy (non-hydrogen) atoms. The van der Waals surface area contributed by atoms with Crippen LogP contribution in [0.2, 0.25) is 5.02 Å². The third kappa shape index (κ3) is 3.85. The second-order valence-electron chi connectivity index (χ2n) is 8.46. The van der Waals surface area contributed by atoms with E-state index in [2.05, 4.69) is 5.32 Å². The van der Waals surface area contributed by atoms with Crippen molar-refractivity contribution in [3.63, 3.8) is 0 Å². The minimum atomic E-state index is -4.63. The summed E-state index contributed by atoms with van der Waals surface area (Å²) in [7, 11) is 0. The summed E-state index contributed by atoms with van der Waals surface area (Å²) in [5.74, 6) is -3.07. The zero-order valence-electron chi connectivity index (χ0n) is 16.9. The van der Waals surface area contributed by atoms with Crippen LogP contribution in [-0.4, -0.2) is 41.2 Å². The summed E-state index contributed by atoms with van der Waals surface area (Å²) in [6.07, 6.45) is -1.97. The number of ether oxygens (including phenoxy) is 1. The molecule has 0 radical (unpaired) electrons. The molecule has 1 saturated heterocycles. The summed E-state index contributed by atoms with van der Waals surface area (Å²) in [5.41, 5.74) is -1.29. The number of hydrogen-bond acceptors (Lipinski definition) is 5. The molecule has 1 aliphatic heterocycles. The topological polar surface area (TPSA) is 92.8 Å². The number of likely N-dealkylation sites (tertiary alicyclic amines) is 1. The molecule has 4 rings (SSSR count). The van der Waals surface area contributed by atoms with Gasteiger partial charge in [0.1, 0.15) is 6.04 Å². The first-order valence-electron chi connectivity index (χ1n) is 10.2. The minimum absolute atomic E-state index is 0.125. The van der Waals surface area contributed by atoms with E-state index in [0.717, 1.165) is 36.3 Å². The molecule has 1 aromatic carbocycles. The average Bonchev–Trinajstić information content (AvgIpc) is 3.40. The first-order valence-corrected chi connectivity index (χ1v) is 10.6. The van der Waals surface area contributed by atoms with Crippen molar-refractivity contribution in [3.8, 4) is 0 Å². The number of amides is 3. The molecular formula is C21H20ClF3N2O5. The maximum Gasteiger partial charge on any atom is 0.416 e. The summed E-state index contributed by atoms with van der Waals surface area (Å²) in [6.45, 7) is 0.534. The number of imide groups is 1. The van der Waals surface area contributed by atoms with Crippen LogP contribution in [0, 0.1) is 23.7 Å². The van der Waals surface area contributed by atoms with Crippen molar-refractivity contribution in [1.82, 2.24) is 4.90 Å². The Hall–Kier alpha value is -2.62. The second-order valence-corrected chi connectivity index (χ2v) is 8.86. The number of benzene rings is 1. The van der Waals surface area contributed by atoms with Gasteiger partial charge in [0.15, 0.2) is 6.61 Å². The van der Waals surface area contributed by atoms with Gasteiger partial charge in [0.2, 0.25) is 11.8 Å². The Kier molecular flexibility index (Phi) is 5.68. The van der Waals surface area contributed by atoms with Crippen LogP contribution < -0.4 is 5.32 Å². The Morgan fingerprint density at radius 3 is 2.34 bits per heavy atom. The molecule has 0 aromatic heterocycles. The Balaban J connectivity index is 1.35. The van der Waals surface area contributed by atoms with E-state index in [0.29, 0.717) is 6.07 Å². The van der Waals surface area contributed by atoms with Crippen LogP contribution in [0.15, 0.2) is 18.2 Å². The Bertz CT molecular complexity index is 970. The maximum atomic E-state index is 12.8. The lowest BCUT2D eigenvalue weighted by Gasteiger charge is -2.23. The van der Waals surface area contributed by atoms with Gasteiger partial charge in [-0.2, -0.15) is 13.2 Å². The molecule has 1 aromatic rings. The summed E-state index contributed by atoms with van der Waals surface area (Å²) in [4.78, 5) is 51.0. The van der Waals surface area contributed by atoms with E-state index in [1.54, 1.807) is 0 Å². The van der Waals surface area contributed by atoms with Crippen molar-refractivity contribution >= 4 is 41.0 Å². The van der Waals surface area contributed by atoms with Gasteiger partial charge in [0, 0.05) is 0 Å². The molecule has 0 spiro atoms. The molecule has 3 aliphatic rings. The largest absolute Gasteiger partial charge is 0.454 e. The van der Waals surface area contributed by atoms with Gasteiger partial charge in [-0.3, -0.25) is 19.3 Å². The lowest BCUT2D eigenvalue weighted by Crippen LogP contribution is -2.45. The van der Waals surface area contributed by atoms with Gasteiger partial charge in [-0.1, -0.05) is 11.6 Å². The van der Waals surface area contributed by atoms with Crippen molar-refractivity contribution in [3.05, 3.63) is 28.8 Å². The minimum Gasteiger partial charge on any atom is -0.454 e. The van der Waals surface area contributed by atoms with E-state index in [-0.39, 0.29) is 46.2 Å². The lowest BCUT2D eigenvalue weighted by molar-refractivity contribution is -0.159. The van der Waals surface area contributed by atoms with E-state index in [4.69, 9.17) is 16.3 Å². The smallest absolute Gasteiger partial charge is 0.416 e. The molecule has 5 atom stereocenters. The first-order chi connectivity index (χ1) is 15.0. The van der Waals surface area contributed by atoms with Crippen molar-refractivity contribution in [2.24, 2.45) is 23.7 Å². The number of hydrogen-bond donors (Lipinski definition) is 1. The van der Waals surface area contributed by atoms with Crippen LogP contribution in [-0.2, 0) is 30.1 Å². The number of esters is 1. The van der Waals surface area contributed by atoms with E-state index in [1.807, 2.05) is 0 Å².